The van der Waals surface area contributed by atoms with Crippen molar-refractivity contribution in [2.75, 3.05) is 19.8 Å². The third-order valence-corrected chi connectivity index (χ3v) is 13.6. The van der Waals surface area contributed by atoms with Crippen LogP contribution in [0.1, 0.15) is 156 Å². The van der Waals surface area contributed by atoms with E-state index in [-0.39, 0.29) is 41.2 Å². The molecule has 6 nitrogen and oxygen atoms in total. The fourth-order valence-electron chi connectivity index (χ4n) is 10.4. The monoisotopic (exact) mass is 729 g/mol. The summed E-state index contributed by atoms with van der Waals surface area (Å²) in [4.78, 5) is 12.8. The number of carbonyl (C=O) groups is 1. The van der Waals surface area contributed by atoms with E-state index in [1.165, 1.54) is 89.9 Å². The van der Waals surface area contributed by atoms with Gasteiger partial charge in [0.2, 0.25) is 0 Å². The highest BCUT2D eigenvalue weighted by Crippen LogP contribution is 2.66. The first-order valence-corrected chi connectivity index (χ1v) is 21.5. The van der Waals surface area contributed by atoms with E-state index in [9.17, 15) is 4.79 Å². The van der Waals surface area contributed by atoms with Crippen LogP contribution in [0, 0.1) is 28.6 Å². The van der Waals surface area contributed by atoms with Crippen LogP contribution in [0.25, 0.3) is 0 Å². The van der Waals surface area contributed by atoms with Crippen LogP contribution < -0.4 is 0 Å². The van der Waals surface area contributed by atoms with Crippen LogP contribution in [0.15, 0.2) is 36.5 Å². The second-order valence-corrected chi connectivity index (χ2v) is 17.2. The molecule has 0 aromatic rings. The molecule has 3 fully saturated rings. The molecule has 0 radical (unpaired) electrons. The van der Waals surface area contributed by atoms with Crippen molar-refractivity contribution in [2.45, 2.75) is 180 Å². The van der Waals surface area contributed by atoms with E-state index < -0.39 is 0 Å². The van der Waals surface area contributed by atoms with Gasteiger partial charge >= 0.3 is 5.97 Å². The molecule has 4 unspecified atom stereocenters. The first-order chi connectivity index (χ1) is 24.8. The van der Waals surface area contributed by atoms with Gasteiger partial charge in [-0.3, -0.25) is 4.79 Å². The van der Waals surface area contributed by atoms with Crippen LogP contribution in [-0.2, 0) is 28.2 Å². The lowest BCUT2D eigenvalue weighted by atomic mass is 9.47. The number of esters is 1. The molecule has 0 heterocycles. The molecule has 0 N–H and O–H groups in total. The summed E-state index contributed by atoms with van der Waals surface area (Å²) in [7, 11) is 3.98. The number of carbonyl (C=O) groups excluding carboxylic acids is 1. The van der Waals surface area contributed by atoms with Crippen molar-refractivity contribution in [3.8, 4) is 0 Å². The Morgan fingerprint density at radius 1 is 0.961 bits per heavy atom. The molecule has 4 aliphatic carbocycles. The largest absolute Gasteiger partial charge is 0.462 e. The molecule has 3 saturated carbocycles. The van der Waals surface area contributed by atoms with Gasteiger partial charge in [0.05, 0.1) is 25.4 Å². The lowest BCUT2D eigenvalue weighted by Gasteiger charge is -2.58. The van der Waals surface area contributed by atoms with Gasteiger partial charge in [0.25, 0.3) is 8.05 Å². The van der Waals surface area contributed by atoms with Crippen LogP contribution in [0.2, 0.25) is 0 Å². The molecule has 0 bridgehead atoms. The number of hydrogen-bond donors (Lipinski definition) is 0. The number of fused-ring (bicyclic) bond motifs is 5. The lowest BCUT2D eigenvalue weighted by molar-refractivity contribution is -0.160. The van der Waals surface area contributed by atoms with Gasteiger partial charge in [-0.1, -0.05) is 102 Å². The summed E-state index contributed by atoms with van der Waals surface area (Å²) in [6.07, 6.45) is 33.7. The average Bonchev–Trinajstić information content (AvgIpc) is 3.45. The maximum atomic E-state index is 12.8. The molecule has 51 heavy (non-hydrogen) atoms. The Morgan fingerprint density at radius 3 is 2.47 bits per heavy atom. The van der Waals surface area contributed by atoms with Gasteiger partial charge in [0.1, 0.15) is 12.2 Å². The SMILES string of the molecule is BOCC(COP)OCCCCCCCCC/C=C\C(C=C)OC1C=C2CC[C@H]3[C@@H]4CC[C@H](OC(=O)CCCCCC)[C@@]4(C)CC[C@@H]3[C@@]2(C)CC1. The Balaban J connectivity index is 1.14. The van der Waals surface area contributed by atoms with Gasteiger partial charge < -0.3 is 23.4 Å². The Morgan fingerprint density at radius 2 is 1.73 bits per heavy atom. The topological polar surface area (TPSA) is 63.2 Å². The molecule has 290 valence electrons. The third-order valence-electron chi connectivity index (χ3n) is 13.4. The Bertz CT molecular complexity index is 1090. The van der Waals surface area contributed by atoms with E-state index in [1.807, 2.05) is 6.08 Å². The van der Waals surface area contributed by atoms with E-state index in [1.54, 1.807) is 13.6 Å². The van der Waals surface area contributed by atoms with Crippen molar-refractivity contribution in [1.82, 2.24) is 0 Å². The maximum absolute atomic E-state index is 12.8. The fraction of sp³-hybridized carbons (Fsp3) is 0.837. The van der Waals surface area contributed by atoms with Gasteiger partial charge in [-0.05, 0) is 100 Å². The summed E-state index contributed by atoms with van der Waals surface area (Å²) >= 11 is 0. The van der Waals surface area contributed by atoms with E-state index in [0.717, 1.165) is 57.0 Å². The number of ether oxygens (including phenoxy) is 3. The Hall–Kier alpha value is -0.975. The van der Waals surface area contributed by atoms with Crippen LogP contribution >= 0.6 is 9.47 Å². The summed E-state index contributed by atoms with van der Waals surface area (Å²) in [5.41, 5.74) is 2.08. The molecule has 0 aromatic carbocycles. The fourth-order valence-corrected chi connectivity index (χ4v) is 10.6. The summed E-state index contributed by atoms with van der Waals surface area (Å²) in [6, 6.07) is 0. The molecular weight excluding hydrogens is 654 g/mol. The van der Waals surface area contributed by atoms with Crippen LogP contribution in [-0.4, -0.2) is 58.3 Å². The molecule has 8 heteroatoms. The number of allylic oxidation sites excluding steroid dienone is 2. The average molecular weight is 729 g/mol. The van der Waals surface area contributed by atoms with Crippen molar-refractivity contribution in [1.29, 1.82) is 0 Å². The van der Waals surface area contributed by atoms with E-state index in [0.29, 0.717) is 25.6 Å². The van der Waals surface area contributed by atoms with Crippen molar-refractivity contribution in [3.63, 3.8) is 0 Å². The highest BCUT2D eigenvalue weighted by molar-refractivity contribution is 7.09. The molecule has 0 aliphatic heterocycles. The summed E-state index contributed by atoms with van der Waals surface area (Å²) in [6.45, 7) is 13.2. The summed E-state index contributed by atoms with van der Waals surface area (Å²) in [5.74, 6) is 2.22. The summed E-state index contributed by atoms with van der Waals surface area (Å²) in [5, 5.41) is 0. The zero-order chi connectivity index (χ0) is 36.5. The first-order valence-electron chi connectivity index (χ1n) is 21.1. The minimum Gasteiger partial charge on any atom is -0.462 e. The molecule has 0 amide bonds. The minimum atomic E-state index is -0.0268. The molecule has 10 atom stereocenters. The van der Waals surface area contributed by atoms with Gasteiger partial charge in [0, 0.05) is 27.9 Å². The zero-order valence-electron chi connectivity index (χ0n) is 33.1. The maximum Gasteiger partial charge on any atom is 0.306 e. The zero-order valence-corrected chi connectivity index (χ0v) is 34.2. The van der Waals surface area contributed by atoms with Gasteiger partial charge in [-0.25, -0.2) is 0 Å². The number of unbranched alkanes of at least 4 members (excludes halogenated alkanes) is 10. The van der Waals surface area contributed by atoms with Crippen molar-refractivity contribution in [2.24, 2.45) is 28.6 Å². The predicted molar refractivity (Wildman–Crippen MR) is 215 cm³/mol. The van der Waals surface area contributed by atoms with Gasteiger partial charge in [-0.15, -0.1) is 6.58 Å². The van der Waals surface area contributed by atoms with Crippen LogP contribution in [0.3, 0.4) is 0 Å². The molecule has 0 spiro atoms. The predicted octanol–water partition coefficient (Wildman–Crippen LogP) is 10.2. The van der Waals surface area contributed by atoms with Crippen molar-refractivity contribution >= 4 is 23.5 Å². The van der Waals surface area contributed by atoms with Crippen molar-refractivity contribution < 1.29 is 28.2 Å². The lowest BCUT2D eigenvalue weighted by Crippen LogP contribution is -2.52. The van der Waals surface area contributed by atoms with E-state index >= 15 is 0 Å². The standard InChI is InChI=1S/C43H74BO6P/c1-5-7-8-17-20-41(45)50-40-24-23-38-37-22-21-33-30-35(25-27-42(33,3)39(37)26-28-43(38,40)4)49-34(6-2)19-16-14-12-10-9-11-13-15-18-29-46-36(31-47-44)32-48-51/h6,16,19,30,34-40H,2,5,7-15,17-18,20-29,31-32,44,51H2,1,3-4H3/b19-16-/t34?,35?,36?,37-,38-,39-,40-,42-,43-/m0/s1. The summed E-state index contributed by atoms with van der Waals surface area (Å²) < 4.78 is 29.0. The molecule has 4 rings (SSSR count). The Labute approximate surface area is 315 Å². The second-order valence-electron chi connectivity index (χ2n) is 16.8. The highest BCUT2D eigenvalue weighted by atomic mass is 31.0. The highest BCUT2D eigenvalue weighted by Gasteiger charge is 2.60. The number of rotatable bonds is 25. The molecule has 0 saturated heterocycles. The minimum absolute atomic E-state index is 0.0212. The molecule has 4 aliphatic rings. The Kier molecular flexibility index (Phi) is 18.8. The van der Waals surface area contributed by atoms with Crippen LogP contribution in [0.5, 0.6) is 0 Å². The van der Waals surface area contributed by atoms with Crippen molar-refractivity contribution in [3.05, 3.63) is 36.5 Å². The van der Waals surface area contributed by atoms with Gasteiger partial charge in [-0.2, -0.15) is 0 Å². The second kappa shape index (κ2) is 22.4. The molecular formula is C43H74BO6P. The first kappa shape index (κ1) is 42.8. The van der Waals surface area contributed by atoms with E-state index in [4.69, 9.17) is 23.4 Å². The van der Waals surface area contributed by atoms with Crippen LogP contribution in [0.4, 0.5) is 0 Å². The van der Waals surface area contributed by atoms with Gasteiger partial charge in [0.15, 0.2) is 0 Å². The quantitative estimate of drug-likeness (QED) is 0.0307. The smallest absolute Gasteiger partial charge is 0.306 e. The van der Waals surface area contributed by atoms with E-state index in [2.05, 4.69) is 55.0 Å². The third kappa shape index (κ3) is 12.3. The number of hydrogen-bond acceptors (Lipinski definition) is 6. The normalized spacial score (nSPS) is 31.4. The molecule has 0 aromatic heterocycles.